The molecule has 0 aromatic carbocycles. The van der Waals surface area contributed by atoms with Gasteiger partial charge in [-0.2, -0.15) is 0 Å². The molecule has 0 aliphatic carbocycles. The zero-order valence-corrected chi connectivity index (χ0v) is 4.60. The Balaban J connectivity index is 2.54. The third kappa shape index (κ3) is 0.718. The molecular formula is C4H9N3. The number of aliphatic imine (C=N–C) groups is 1. The Bertz CT molecular complexity index is 97.1. The molecule has 40 valence electrons. The molecule has 0 unspecified atom stereocenters. The fourth-order valence-corrected chi connectivity index (χ4v) is 0.476. The molecule has 1 N–H and O–H groups in total. The Labute approximate surface area is 43.0 Å². The molecule has 1 rings (SSSR count). The van der Waals surface area contributed by atoms with Crippen molar-refractivity contribution >= 4 is 5.84 Å². The molecule has 0 saturated carbocycles. The van der Waals surface area contributed by atoms with Crippen molar-refractivity contribution in [1.29, 1.82) is 0 Å². The first-order valence-electron chi connectivity index (χ1n) is 2.29. The summed E-state index contributed by atoms with van der Waals surface area (Å²) in [5, 5.41) is 1.90. The number of hydrazine groups is 1. The summed E-state index contributed by atoms with van der Waals surface area (Å²) in [6.07, 6.45) is 0. The van der Waals surface area contributed by atoms with Gasteiger partial charge in [-0.25, -0.2) is 5.43 Å². The molecule has 0 radical (unpaired) electrons. The van der Waals surface area contributed by atoms with Gasteiger partial charge >= 0.3 is 0 Å². The fraction of sp³-hybridized carbons (Fsp3) is 0.750. The van der Waals surface area contributed by atoms with Crippen LogP contribution in [0.2, 0.25) is 0 Å². The van der Waals surface area contributed by atoms with Gasteiger partial charge in [-0.05, 0) is 6.92 Å². The largest absolute Gasteiger partial charge is 0.298 e. The van der Waals surface area contributed by atoms with E-state index < -0.39 is 0 Å². The lowest BCUT2D eigenvalue weighted by molar-refractivity contribution is 0.408. The molecule has 3 heteroatoms. The first kappa shape index (κ1) is 4.59. The summed E-state index contributed by atoms with van der Waals surface area (Å²) < 4.78 is 0. The maximum Gasteiger partial charge on any atom is 0.111 e. The zero-order valence-electron chi connectivity index (χ0n) is 4.60. The summed E-state index contributed by atoms with van der Waals surface area (Å²) in [5.41, 5.74) is 3.00. The minimum absolute atomic E-state index is 0.738. The Hall–Kier alpha value is -0.570. The van der Waals surface area contributed by atoms with E-state index in [-0.39, 0.29) is 0 Å². The minimum Gasteiger partial charge on any atom is -0.298 e. The van der Waals surface area contributed by atoms with Gasteiger partial charge in [-0.1, -0.05) is 0 Å². The van der Waals surface area contributed by atoms with Crippen molar-refractivity contribution in [2.45, 2.75) is 6.92 Å². The van der Waals surface area contributed by atoms with Crippen LogP contribution in [0.3, 0.4) is 0 Å². The lowest BCUT2D eigenvalue weighted by Crippen LogP contribution is -2.30. The third-order valence-electron chi connectivity index (χ3n) is 1.10. The second kappa shape index (κ2) is 1.50. The number of hydrogen-bond acceptors (Lipinski definition) is 3. The first-order valence-corrected chi connectivity index (χ1v) is 2.29. The van der Waals surface area contributed by atoms with Gasteiger partial charge in [0.1, 0.15) is 12.5 Å². The SMILES string of the molecule is CC1=NCNN1C. The molecule has 0 fully saturated rings. The highest BCUT2D eigenvalue weighted by molar-refractivity contribution is 5.79. The van der Waals surface area contributed by atoms with Crippen molar-refractivity contribution in [2.75, 3.05) is 13.7 Å². The Morgan fingerprint density at radius 3 is 2.71 bits per heavy atom. The second-order valence-corrected chi connectivity index (χ2v) is 1.58. The average Bonchev–Trinajstić information content (AvgIpc) is 1.91. The predicted molar refractivity (Wildman–Crippen MR) is 28.9 cm³/mol. The van der Waals surface area contributed by atoms with Crippen LogP contribution in [0.15, 0.2) is 4.99 Å². The van der Waals surface area contributed by atoms with Gasteiger partial charge in [0, 0.05) is 7.05 Å². The molecule has 0 bridgehead atoms. The van der Waals surface area contributed by atoms with E-state index in [0.29, 0.717) is 0 Å². The van der Waals surface area contributed by atoms with E-state index in [1.165, 1.54) is 0 Å². The van der Waals surface area contributed by atoms with Crippen LogP contribution in [0, 0.1) is 0 Å². The van der Waals surface area contributed by atoms with E-state index in [4.69, 9.17) is 0 Å². The molecule has 0 spiro atoms. The van der Waals surface area contributed by atoms with Gasteiger partial charge in [0.25, 0.3) is 0 Å². The van der Waals surface area contributed by atoms with Crippen LogP contribution in [0.5, 0.6) is 0 Å². The maximum atomic E-state index is 4.05. The number of rotatable bonds is 0. The van der Waals surface area contributed by atoms with Gasteiger partial charge in [0.05, 0.1) is 0 Å². The average molecular weight is 99.1 g/mol. The number of hydrogen-bond donors (Lipinski definition) is 1. The molecule has 0 aromatic rings. The Morgan fingerprint density at radius 2 is 2.57 bits per heavy atom. The number of amidine groups is 1. The molecule has 0 aromatic heterocycles. The summed E-state index contributed by atoms with van der Waals surface area (Å²) in [7, 11) is 1.95. The minimum atomic E-state index is 0.738. The topological polar surface area (TPSA) is 27.6 Å². The van der Waals surface area contributed by atoms with Crippen molar-refractivity contribution in [3.05, 3.63) is 0 Å². The van der Waals surface area contributed by atoms with Gasteiger partial charge in [0.15, 0.2) is 0 Å². The lowest BCUT2D eigenvalue weighted by atomic mass is 10.7. The first-order chi connectivity index (χ1) is 3.30. The van der Waals surface area contributed by atoms with Gasteiger partial charge in [-0.15, -0.1) is 0 Å². The van der Waals surface area contributed by atoms with Crippen LogP contribution < -0.4 is 5.43 Å². The van der Waals surface area contributed by atoms with Crippen molar-refractivity contribution in [3.8, 4) is 0 Å². The summed E-state index contributed by atoms with van der Waals surface area (Å²) in [5.74, 6) is 1.06. The summed E-state index contributed by atoms with van der Waals surface area (Å²) in [4.78, 5) is 4.05. The molecular weight excluding hydrogens is 90.1 g/mol. The summed E-state index contributed by atoms with van der Waals surface area (Å²) in [6, 6.07) is 0. The summed E-state index contributed by atoms with van der Waals surface area (Å²) >= 11 is 0. The van der Waals surface area contributed by atoms with Crippen molar-refractivity contribution in [1.82, 2.24) is 10.4 Å². The monoisotopic (exact) mass is 99.1 g/mol. The molecule has 1 aliphatic heterocycles. The van der Waals surface area contributed by atoms with E-state index in [1.54, 1.807) is 0 Å². The molecule has 1 heterocycles. The van der Waals surface area contributed by atoms with E-state index in [1.807, 2.05) is 19.0 Å². The van der Waals surface area contributed by atoms with Crippen LogP contribution in [0.25, 0.3) is 0 Å². The highest BCUT2D eigenvalue weighted by Gasteiger charge is 2.02. The molecule has 3 nitrogen and oxygen atoms in total. The third-order valence-corrected chi connectivity index (χ3v) is 1.10. The smallest absolute Gasteiger partial charge is 0.111 e. The van der Waals surface area contributed by atoms with E-state index >= 15 is 0 Å². The van der Waals surface area contributed by atoms with Crippen molar-refractivity contribution in [2.24, 2.45) is 4.99 Å². The molecule has 1 aliphatic rings. The standard InChI is InChI=1S/C4H9N3/c1-4-5-3-6-7(4)2/h6H,3H2,1-2H3. The normalized spacial score (nSPS) is 20.3. The van der Waals surface area contributed by atoms with Gasteiger partial charge < -0.3 is 0 Å². The van der Waals surface area contributed by atoms with E-state index in [9.17, 15) is 0 Å². The van der Waals surface area contributed by atoms with Crippen molar-refractivity contribution < 1.29 is 0 Å². The number of nitrogens with one attached hydrogen (secondary N) is 1. The van der Waals surface area contributed by atoms with Gasteiger partial charge in [-0.3, -0.25) is 10.0 Å². The second-order valence-electron chi connectivity index (χ2n) is 1.58. The number of nitrogens with zero attached hydrogens (tertiary/aromatic N) is 2. The molecule has 7 heavy (non-hydrogen) atoms. The molecule has 0 atom stereocenters. The van der Waals surface area contributed by atoms with Crippen LogP contribution in [-0.2, 0) is 0 Å². The highest BCUT2D eigenvalue weighted by Crippen LogP contribution is 1.87. The molecule has 0 saturated heterocycles. The van der Waals surface area contributed by atoms with Crippen LogP contribution in [0.1, 0.15) is 6.92 Å². The van der Waals surface area contributed by atoms with Crippen molar-refractivity contribution in [3.63, 3.8) is 0 Å². The van der Waals surface area contributed by atoms with Crippen LogP contribution >= 0.6 is 0 Å². The van der Waals surface area contributed by atoms with Crippen LogP contribution in [0.4, 0.5) is 0 Å². The van der Waals surface area contributed by atoms with E-state index in [0.717, 1.165) is 12.5 Å². The maximum absolute atomic E-state index is 4.05. The van der Waals surface area contributed by atoms with Gasteiger partial charge in [0.2, 0.25) is 0 Å². The summed E-state index contributed by atoms with van der Waals surface area (Å²) in [6.45, 7) is 2.71. The fourth-order valence-electron chi connectivity index (χ4n) is 0.476. The van der Waals surface area contributed by atoms with Crippen LogP contribution in [-0.4, -0.2) is 24.6 Å². The van der Waals surface area contributed by atoms with E-state index in [2.05, 4.69) is 10.4 Å². The Morgan fingerprint density at radius 1 is 1.86 bits per heavy atom. The highest BCUT2D eigenvalue weighted by atomic mass is 15.6. The Kier molecular flexibility index (Phi) is 0.982. The quantitative estimate of drug-likeness (QED) is 0.456. The zero-order chi connectivity index (χ0) is 5.28. The predicted octanol–water partition coefficient (Wildman–Crippen LogP) is -0.188. The molecule has 0 amide bonds. The lowest BCUT2D eigenvalue weighted by Gasteiger charge is -2.08.